The molecule has 0 radical (unpaired) electrons. The Bertz CT molecular complexity index is 632. The van der Waals surface area contributed by atoms with Gasteiger partial charge in [-0.15, -0.1) is 21.5 Å². The van der Waals surface area contributed by atoms with Gasteiger partial charge in [-0.25, -0.2) is 0 Å². The van der Waals surface area contributed by atoms with E-state index in [9.17, 15) is 0 Å². The third-order valence-corrected chi connectivity index (χ3v) is 4.11. The first-order valence-electron chi connectivity index (χ1n) is 6.53. The van der Waals surface area contributed by atoms with Crippen LogP contribution in [0, 0.1) is 0 Å². The number of hydrogen-bond donors (Lipinski definition) is 1. The number of anilines is 1. The maximum Gasteiger partial charge on any atom is 0.247 e. The molecule has 0 aliphatic rings. The lowest BCUT2D eigenvalue weighted by molar-refractivity contribution is 0.568. The Morgan fingerprint density at radius 2 is 2.10 bits per heavy atom. The van der Waals surface area contributed by atoms with Crippen LogP contribution in [0.25, 0.3) is 11.5 Å². The molecule has 0 saturated carbocycles. The van der Waals surface area contributed by atoms with E-state index < -0.39 is 0 Å². The minimum atomic E-state index is 0.351. The molecule has 20 heavy (non-hydrogen) atoms. The number of thiophene rings is 1. The SMILES string of the molecule is CCC(Nc1ccc(-c2nnco2)cc1)c1cccs1. The molecule has 0 fully saturated rings. The highest BCUT2D eigenvalue weighted by Crippen LogP contribution is 2.27. The van der Waals surface area contributed by atoms with Crippen molar-refractivity contribution in [2.75, 3.05) is 5.32 Å². The Hall–Kier alpha value is -2.14. The molecule has 0 amide bonds. The summed E-state index contributed by atoms with van der Waals surface area (Å²) in [6.07, 6.45) is 2.39. The molecule has 2 aromatic heterocycles. The van der Waals surface area contributed by atoms with Crippen molar-refractivity contribution in [1.29, 1.82) is 0 Å². The normalized spacial score (nSPS) is 12.2. The quantitative estimate of drug-likeness (QED) is 0.756. The number of rotatable bonds is 5. The lowest BCUT2D eigenvalue weighted by atomic mass is 10.1. The topological polar surface area (TPSA) is 51.0 Å². The van der Waals surface area contributed by atoms with E-state index in [1.807, 2.05) is 24.3 Å². The second kappa shape index (κ2) is 5.88. The average Bonchev–Trinajstić information content (AvgIpc) is 3.18. The summed E-state index contributed by atoms with van der Waals surface area (Å²) in [5, 5.41) is 13.2. The number of nitrogens with one attached hydrogen (secondary N) is 1. The molecule has 3 aromatic rings. The molecule has 102 valence electrons. The van der Waals surface area contributed by atoms with E-state index in [0.29, 0.717) is 11.9 Å². The van der Waals surface area contributed by atoms with Gasteiger partial charge in [0.15, 0.2) is 0 Å². The monoisotopic (exact) mass is 285 g/mol. The third-order valence-electron chi connectivity index (χ3n) is 3.13. The Morgan fingerprint density at radius 3 is 2.70 bits per heavy atom. The first kappa shape index (κ1) is 12.9. The molecule has 0 spiro atoms. The molecule has 3 rings (SSSR count). The summed E-state index contributed by atoms with van der Waals surface area (Å²) in [6, 6.07) is 12.6. The van der Waals surface area contributed by atoms with Crippen LogP contribution in [0.4, 0.5) is 5.69 Å². The van der Waals surface area contributed by atoms with Gasteiger partial charge >= 0.3 is 0 Å². The van der Waals surface area contributed by atoms with Crippen molar-refractivity contribution in [2.24, 2.45) is 0 Å². The Kier molecular flexibility index (Phi) is 3.78. The number of hydrogen-bond acceptors (Lipinski definition) is 5. The van der Waals surface area contributed by atoms with Crippen LogP contribution >= 0.6 is 11.3 Å². The van der Waals surface area contributed by atoms with Gasteiger partial charge in [0, 0.05) is 16.1 Å². The Labute approximate surface area is 121 Å². The van der Waals surface area contributed by atoms with Gasteiger partial charge in [0.05, 0.1) is 6.04 Å². The van der Waals surface area contributed by atoms with Crippen LogP contribution in [-0.2, 0) is 0 Å². The smallest absolute Gasteiger partial charge is 0.247 e. The lowest BCUT2D eigenvalue weighted by Gasteiger charge is -2.17. The lowest BCUT2D eigenvalue weighted by Crippen LogP contribution is -2.07. The van der Waals surface area contributed by atoms with Crippen LogP contribution in [-0.4, -0.2) is 10.2 Å². The molecular weight excluding hydrogens is 270 g/mol. The van der Waals surface area contributed by atoms with Crippen molar-refractivity contribution in [2.45, 2.75) is 19.4 Å². The Balaban J connectivity index is 1.75. The molecule has 4 nitrogen and oxygen atoms in total. The van der Waals surface area contributed by atoms with Crippen molar-refractivity contribution in [3.8, 4) is 11.5 Å². The minimum Gasteiger partial charge on any atom is -0.423 e. The fourth-order valence-electron chi connectivity index (χ4n) is 2.07. The van der Waals surface area contributed by atoms with Gasteiger partial charge in [0.2, 0.25) is 12.3 Å². The highest BCUT2D eigenvalue weighted by molar-refractivity contribution is 7.10. The maximum absolute atomic E-state index is 5.18. The van der Waals surface area contributed by atoms with Crippen molar-refractivity contribution in [3.63, 3.8) is 0 Å². The van der Waals surface area contributed by atoms with Crippen molar-refractivity contribution in [1.82, 2.24) is 10.2 Å². The van der Waals surface area contributed by atoms with Crippen LogP contribution in [0.3, 0.4) is 0 Å². The largest absolute Gasteiger partial charge is 0.423 e. The van der Waals surface area contributed by atoms with E-state index in [2.05, 4.69) is 40.0 Å². The van der Waals surface area contributed by atoms with Gasteiger partial charge in [-0.1, -0.05) is 13.0 Å². The number of aromatic nitrogens is 2. The van der Waals surface area contributed by atoms with Crippen LogP contribution < -0.4 is 5.32 Å². The molecule has 1 N–H and O–H groups in total. The zero-order valence-corrected chi connectivity index (χ0v) is 11.9. The van der Waals surface area contributed by atoms with Crippen LogP contribution in [0.15, 0.2) is 52.6 Å². The molecule has 0 bridgehead atoms. The van der Waals surface area contributed by atoms with Gasteiger partial charge in [0.1, 0.15) is 0 Å². The average molecular weight is 285 g/mol. The summed E-state index contributed by atoms with van der Waals surface area (Å²) in [6.45, 7) is 2.18. The molecule has 1 unspecified atom stereocenters. The number of nitrogens with zero attached hydrogens (tertiary/aromatic N) is 2. The van der Waals surface area contributed by atoms with Crippen molar-refractivity contribution < 1.29 is 4.42 Å². The van der Waals surface area contributed by atoms with Gasteiger partial charge in [-0.2, -0.15) is 0 Å². The number of benzene rings is 1. The zero-order chi connectivity index (χ0) is 13.8. The summed E-state index contributed by atoms with van der Waals surface area (Å²) in [7, 11) is 0. The zero-order valence-electron chi connectivity index (χ0n) is 11.1. The highest BCUT2D eigenvalue weighted by Gasteiger charge is 2.10. The molecule has 1 aromatic carbocycles. The van der Waals surface area contributed by atoms with Crippen LogP contribution in [0.1, 0.15) is 24.3 Å². The molecule has 2 heterocycles. The van der Waals surface area contributed by atoms with Gasteiger partial charge in [-0.3, -0.25) is 0 Å². The predicted molar refractivity (Wildman–Crippen MR) is 80.7 cm³/mol. The van der Waals surface area contributed by atoms with Crippen molar-refractivity contribution in [3.05, 3.63) is 53.0 Å². The summed E-state index contributed by atoms with van der Waals surface area (Å²) in [5.41, 5.74) is 2.02. The fourth-order valence-corrected chi connectivity index (χ4v) is 2.93. The summed E-state index contributed by atoms with van der Waals surface area (Å²) in [5.74, 6) is 0.543. The maximum atomic E-state index is 5.18. The fraction of sp³-hybridized carbons (Fsp3) is 0.200. The second-order valence-corrected chi connectivity index (χ2v) is 5.42. The molecular formula is C15H15N3OS. The van der Waals surface area contributed by atoms with Crippen LogP contribution in [0.2, 0.25) is 0 Å². The van der Waals surface area contributed by atoms with Crippen molar-refractivity contribution >= 4 is 17.0 Å². The van der Waals surface area contributed by atoms with Gasteiger partial charge in [0.25, 0.3) is 0 Å². The van der Waals surface area contributed by atoms with E-state index in [0.717, 1.165) is 17.7 Å². The molecule has 0 saturated heterocycles. The molecule has 0 aliphatic heterocycles. The summed E-state index contributed by atoms with van der Waals surface area (Å²) >= 11 is 1.78. The van der Waals surface area contributed by atoms with E-state index in [4.69, 9.17) is 4.42 Å². The minimum absolute atomic E-state index is 0.351. The van der Waals surface area contributed by atoms with Gasteiger partial charge < -0.3 is 9.73 Å². The van der Waals surface area contributed by atoms with E-state index in [1.165, 1.54) is 11.3 Å². The Morgan fingerprint density at radius 1 is 1.25 bits per heavy atom. The van der Waals surface area contributed by atoms with E-state index >= 15 is 0 Å². The first-order valence-corrected chi connectivity index (χ1v) is 7.41. The predicted octanol–water partition coefficient (Wildman–Crippen LogP) is 4.36. The molecule has 1 atom stereocenters. The summed E-state index contributed by atoms with van der Waals surface area (Å²) in [4.78, 5) is 1.36. The van der Waals surface area contributed by atoms with Crippen LogP contribution in [0.5, 0.6) is 0 Å². The first-order chi connectivity index (χ1) is 9.86. The van der Waals surface area contributed by atoms with E-state index in [1.54, 1.807) is 11.3 Å². The summed E-state index contributed by atoms with van der Waals surface area (Å²) < 4.78 is 5.18. The highest BCUT2D eigenvalue weighted by atomic mass is 32.1. The molecule has 5 heteroatoms. The molecule has 0 aliphatic carbocycles. The second-order valence-electron chi connectivity index (χ2n) is 4.44. The third kappa shape index (κ3) is 2.72. The van der Waals surface area contributed by atoms with E-state index in [-0.39, 0.29) is 0 Å². The van der Waals surface area contributed by atoms with Gasteiger partial charge in [-0.05, 0) is 42.1 Å². The standard InChI is InChI=1S/C15H15N3OS/c1-2-13(14-4-3-9-20-14)17-12-7-5-11(6-8-12)15-18-16-10-19-15/h3-10,13,17H,2H2,1H3.